The van der Waals surface area contributed by atoms with Crippen molar-refractivity contribution in [3.63, 3.8) is 0 Å². The summed E-state index contributed by atoms with van der Waals surface area (Å²) in [5.74, 6) is 1.35. The highest BCUT2D eigenvalue weighted by atomic mass is 32.1. The summed E-state index contributed by atoms with van der Waals surface area (Å²) in [5, 5.41) is 1.18. The van der Waals surface area contributed by atoms with Gasteiger partial charge in [-0.3, -0.25) is 0 Å². The Morgan fingerprint density at radius 2 is 2.31 bits per heavy atom. The van der Waals surface area contributed by atoms with Gasteiger partial charge in [0.05, 0.1) is 5.92 Å². The van der Waals surface area contributed by atoms with Crippen molar-refractivity contribution in [1.82, 2.24) is 4.98 Å². The lowest BCUT2D eigenvalue weighted by Gasteiger charge is -2.03. The average molecular weight is 231 g/mol. The molecule has 0 amide bonds. The van der Waals surface area contributed by atoms with Crippen LogP contribution in [0.25, 0.3) is 0 Å². The third-order valence-electron chi connectivity index (χ3n) is 2.92. The molecule has 0 spiro atoms. The predicted molar refractivity (Wildman–Crippen MR) is 65.3 cm³/mol. The molecule has 0 N–H and O–H groups in total. The highest BCUT2D eigenvalue weighted by Crippen LogP contribution is 2.39. The Morgan fingerprint density at radius 1 is 1.44 bits per heavy atom. The molecule has 0 fully saturated rings. The maximum Gasteiger partial charge on any atom is 0.123 e. The summed E-state index contributed by atoms with van der Waals surface area (Å²) in [4.78, 5) is 5.85. The Bertz CT molecular complexity index is 506. The van der Waals surface area contributed by atoms with E-state index >= 15 is 0 Å². The Kier molecular flexibility index (Phi) is 2.40. The first kappa shape index (κ1) is 9.85. The maximum absolute atomic E-state index is 5.68. The number of benzene rings is 1. The molecule has 1 atom stereocenters. The predicted octanol–water partition coefficient (Wildman–Crippen LogP) is 3.23. The lowest BCUT2D eigenvalue weighted by molar-refractivity contribution is 0.343. The largest absolute Gasteiger partial charge is 0.492 e. The van der Waals surface area contributed by atoms with Crippen molar-refractivity contribution in [2.45, 2.75) is 19.3 Å². The fourth-order valence-electron chi connectivity index (χ4n) is 2.01. The van der Waals surface area contributed by atoms with Crippen LogP contribution in [-0.4, -0.2) is 11.6 Å². The third-order valence-corrected chi connectivity index (χ3v) is 4.17. The SMILES string of the molecule is CCc1cnc(C2COc3ccccc32)s1. The zero-order valence-electron chi connectivity index (χ0n) is 9.14. The van der Waals surface area contributed by atoms with Crippen LogP contribution in [0.5, 0.6) is 5.75 Å². The van der Waals surface area contributed by atoms with Crippen molar-refractivity contribution >= 4 is 11.3 Å². The van der Waals surface area contributed by atoms with E-state index in [1.165, 1.54) is 15.4 Å². The molecule has 1 aliphatic rings. The zero-order chi connectivity index (χ0) is 11.0. The second kappa shape index (κ2) is 3.91. The van der Waals surface area contributed by atoms with Gasteiger partial charge in [0, 0.05) is 16.6 Å². The van der Waals surface area contributed by atoms with Crippen molar-refractivity contribution in [3.05, 3.63) is 45.9 Å². The van der Waals surface area contributed by atoms with Crippen molar-refractivity contribution in [2.24, 2.45) is 0 Å². The van der Waals surface area contributed by atoms with Crippen molar-refractivity contribution in [3.8, 4) is 5.75 Å². The van der Waals surface area contributed by atoms with Gasteiger partial charge in [-0.2, -0.15) is 0 Å². The van der Waals surface area contributed by atoms with Crippen LogP contribution in [0.2, 0.25) is 0 Å². The summed E-state index contributed by atoms with van der Waals surface area (Å²) in [6.07, 6.45) is 3.05. The van der Waals surface area contributed by atoms with E-state index in [-0.39, 0.29) is 0 Å². The summed E-state index contributed by atoms with van der Waals surface area (Å²) in [5.41, 5.74) is 1.28. The molecule has 82 valence electrons. The van der Waals surface area contributed by atoms with E-state index in [1.54, 1.807) is 11.3 Å². The van der Waals surface area contributed by atoms with Gasteiger partial charge in [-0.25, -0.2) is 4.98 Å². The van der Waals surface area contributed by atoms with Gasteiger partial charge in [-0.05, 0) is 12.5 Å². The zero-order valence-corrected chi connectivity index (χ0v) is 9.96. The van der Waals surface area contributed by atoms with Gasteiger partial charge < -0.3 is 4.74 Å². The van der Waals surface area contributed by atoms with Crippen molar-refractivity contribution in [2.75, 3.05) is 6.61 Å². The molecule has 16 heavy (non-hydrogen) atoms. The third kappa shape index (κ3) is 1.52. The summed E-state index contributed by atoms with van der Waals surface area (Å²) in [6, 6.07) is 8.25. The van der Waals surface area contributed by atoms with Crippen LogP contribution in [0.15, 0.2) is 30.5 Å². The molecular formula is C13H13NOS. The molecular weight excluding hydrogens is 218 g/mol. The molecule has 2 heterocycles. The van der Waals surface area contributed by atoms with Crippen LogP contribution in [0, 0.1) is 0 Å². The monoisotopic (exact) mass is 231 g/mol. The molecule has 1 aromatic carbocycles. The molecule has 0 aliphatic carbocycles. The molecule has 1 unspecified atom stereocenters. The topological polar surface area (TPSA) is 22.1 Å². The van der Waals surface area contributed by atoms with E-state index in [2.05, 4.69) is 24.0 Å². The van der Waals surface area contributed by atoms with Crippen LogP contribution in [0.3, 0.4) is 0 Å². The number of hydrogen-bond acceptors (Lipinski definition) is 3. The summed E-state index contributed by atoms with van der Waals surface area (Å²) in [7, 11) is 0. The van der Waals surface area contributed by atoms with Crippen molar-refractivity contribution < 1.29 is 4.74 Å². The number of aromatic nitrogens is 1. The quantitative estimate of drug-likeness (QED) is 0.791. The lowest BCUT2D eigenvalue weighted by Crippen LogP contribution is -2.01. The molecule has 3 heteroatoms. The smallest absolute Gasteiger partial charge is 0.123 e. The molecule has 0 radical (unpaired) electrons. The number of ether oxygens (including phenoxy) is 1. The van der Waals surface area contributed by atoms with Crippen LogP contribution in [0.1, 0.15) is 28.3 Å². The summed E-state index contributed by atoms with van der Waals surface area (Å²) < 4.78 is 5.68. The Balaban J connectivity index is 1.98. The minimum atomic E-state index is 0.335. The second-order valence-corrected chi connectivity index (χ2v) is 5.07. The summed E-state index contributed by atoms with van der Waals surface area (Å²) >= 11 is 1.80. The van der Waals surface area contributed by atoms with Crippen LogP contribution < -0.4 is 4.74 Å². The van der Waals surface area contributed by atoms with E-state index in [0.29, 0.717) is 5.92 Å². The molecule has 0 saturated heterocycles. The van der Waals surface area contributed by atoms with Gasteiger partial charge in [0.25, 0.3) is 0 Å². The Morgan fingerprint density at radius 3 is 3.12 bits per heavy atom. The second-order valence-electron chi connectivity index (χ2n) is 3.92. The maximum atomic E-state index is 5.68. The van der Waals surface area contributed by atoms with E-state index in [0.717, 1.165) is 18.8 Å². The minimum absolute atomic E-state index is 0.335. The number of hydrogen-bond donors (Lipinski definition) is 0. The van der Waals surface area contributed by atoms with E-state index in [4.69, 9.17) is 4.74 Å². The Hall–Kier alpha value is -1.35. The molecule has 0 bridgehead atoms. The average Bonchev–Trinajstić information content (AvgIpc) is 2.94. The van der Waals surface area contributed by atoms with E-state index in [1.807, 2.05) is 18.3 Å². The molecule has 3 rings (SSSR count). The van der Waals surface area contributed by atoms with E-state index in [9.17, 15) is 0 Å². The molecule has 1 aliphatic heterocycles. The molecule has 2 nitrogen and oxygen atoms in total. The van der Waals surface area contributed by atoms with Crippen LogP contribution in [-0.2, 0) is 6.42 Å². The highest BCUT2D eigenvalue weighted by Gasteiger charge is 2.27. The van der Waals surface area contributed by atoms with Gasteiger partial charge >= 0.3 is 0 Å². The number of nitrogens with zero attached hydrogens (tertiary/aromatic N) is 1. The Labute approximate surface area is 98.9 Å². The fourth-order valence-corrected chi connectivity index (χ4v) is 2.98. The number of para-hydroxylation sites is 1. The minimum Gasteiger partial charge on any atom is -0.492 e. The van der Waals surface area contributed by atoms with Crippen LogP contribution in [0.4, 0.5) is 0 Å². The first-order valence-corrected chi connectivity index (χ1v) is 6.36. The first-order valence-electron chi connectivity index (χ1n) is 5.55. The highest BCUT2D eigenvalue weighted by molar-refractivity contribution is 7.11. The fraction of sp³-hybridized carbons (Fsp3) is 0.308. The normalized spacial score (nSPS) is 18.2. The van der Waals surface area contributed by atoms with Gasteiger partial charge in [0.15, 0.2) is 0 Å². The van der Waals surface area contributed by atoms with E-state index < -0.39 is 0 Å². The summed E-state index contributed by atoms with van der Waals surface area (Å²) in [6.45, 7) is 2.90. The number of fused-ring (bicyclic) bond motifs is 1. The number of thiazole rings is 1. The first-order chi connectivity index (χ1) is 7.88. The molecule has 2 aromatic rings. The lowest BCUT2D eigenvalue weighted by atomic mass is 10.0. The van der Waals surface area contributed by atoms with Gasteiger partial charge in [-0.1, -0.05) is 25.1 Å². The van der Waals surface area contributed by atoms with Crippen LogP contribution >= 0.6 is 11.3 Å². The van der Waals surface area contributed by atoms with Gasteiger partial charge in [-0.15, -0.1) is 11.3 Å². The molecule has 0 saturated carbocycles. The van der Waals surface area contributed by atoms with Gasteiger partial charge in [0.1, 0.15) is 17.4 Å². The number of aryl methyl sites for hydroxylation is 1. The van der Waals surface area contributed by atoms with Gasteiger partial charge in [0.2, 0.25) is 0 Å². The van der Waals surface area contributed by atoms with Crippen molar-refractivity contribution in [1.29, 1.82) is 0 Å². The standard InChI is InChI=1S/C13H13NOS/c1-2-9-7-14-13(16-9)11-8-15-12-6-4-3-5-10(11)12/h3-7,11H,2,8H2,1H3. The molecule has 1 aromatic heterocycles. The number of rotatable bonds is 2.